The van der Waals surface area contributed by atoms with E-state index in [1.165, 1.54) is 0 Å². The van der Waals surface area contributed by atoms with Crippen molar-refractivity contribution in [1.29, 1.82) is 0 Å². The molecule has 4 nitrogen and oxygen atoms in total. The van der Waals surface area contributed by atoms with Gasteiger partial charge in [-0.15, -0.1) is 0 Å². The molecule has 1 saturated heterocycles. The Labute approximate surface area is 100 Å². The topological polar surface area (TPSA) is 49.8 Å². The van der Waals surface area contributed by atoms with E-state index in [-0.39, 0.29) is 0 Å². The molecular formula is C13H14N4. The highest BCUT2D eigenvalue weighted by molar-refractivity contribution is 5.55. The van der Waals surface area contributed by atoms with Gasteiger partial charge < -0.3 is 10.6 Å². The van der Waals surface area contributed by atoms with Crippen molar-refractivity contribution in [3.8, 4) is 11.4 Å². The van der Waals surface area contributed by atoms with Gasteiger partial charge in [0.25, 0.3) is 0 Å². The van der Waals surface area contributed by atoms with Crippen LogP contribution in [0.2, 0.25) is 0 Å². The van der Waals surface area contributed by atoms with Gasteiger partial charge in [-0.1, -0.05) is 30.3 Å². The first-order valence-corrected chi connectivity index (χ1v) is 5.76. The fourth-order valence-corrected chi connectivity index (χ4v) is 1.77. The average molecular weight is 226 g/mol. The third-order valence-corrected chi connectivity index (χ3v) is 2.84. The van der Waals surface area contributed by atoms with E-state index < -0.39 is 0 Å². The van der Waals surface area contributed by atoms with E-state index in [1.54, 1.807) is 0 Å². The van der Waals surface area contributed by atoms with Gasteiger partial charge in [-0.25, -0.2) is 9.97 Å². The van der Waals surface area contributed by atoms with E-state index in [1.807, 2.05) is 42.7 Å². The SMILES string of the molecule is c1ccc(-c2ncc(NC3CNC3)cn2)cc1. The van der Waals surface area contributed by atoms with E-state index in [2.05, 4.69) is 20.6 Å². The molecule has 0 amide bonds. The zero-order valence-electron chi connectivity index (χ0n) is 9.43. The summed E-state index contributed by atoms with van der Waals surface area (Å²) in [5, 5.41) is 6.58. The molecule has 0 atom stereocenters. The predicted octanol–water partition coefficient (Wildman–Crippen LogP) is 1.53. The molecule has 1 aromatic heterocycles. The van der Waals surface area contributed by atoms with Crippen LogP contribution in [0.25, 0.3) is 11.4 Å². The van der Waals surface area contributed by atoms with Crippen molar-refractivity contribution in [3.63, 3.8) is 0 Å². The standard InChI is InChI=1S/C13H14N4/c1-2-4-10(5-3-1)13-15-8-12(9-16-13)17-11-6-14-7-11/h1-5,8-9,11,14,17H,6-7H2. The van der Waals surface area contributed by atoms with Gasteiger partial charge in [0.15, 0.2) is 5.82 Å². The van der Waals surface area contributed by atoms with Gasteiger partial charge in [0.1, 0.15) is 0 Å². The Morgan fingerprint density at radius 1 is 1.06 bits per heavy atom. The van der Waals surface area contributed by atoms with Crippen LogP contribution in [0, 0.1) is 0 Å². The van der Waals surface area contributed by atoms with E-state index >= 15 is 0 Å². The van der Waals surface area contributed by atoms with Gasteiger partial charge in [-0.2, -0.15) is 0 Å². The monoisotopic (exact) mass is 226 g/mol. The van der Waals surface area contributed by atoms with Crippen LogP contribution in [-0.2, 0) is 0 Å². The molecule has 4 heteroatoms. The second-order valence-corrected chi connectivity index (χ2v) is 4.16. The molecule has 0 saturated carbocycles. The number of benzene rings is 1. The van der Waals surface area contributed by atoms with Crippen molar-refractivity contribution < 1.29 is 0 Å². The summed E-state index contributed by atoms with van der Waals surface area (Å²) in [5.74, 6) is 0.767. The molecule has 2 heterocycles. The molecule has 2 aromatic rings. The van der Waals surface area contributed by atoms with Crippen molar-refractivity contribution in [3.05, 3.63) is 42.7 Å². The summed E-state index contributed by atoms with van der Waals surface area (Å²) >= 11 is 0. The summed E-state index contributed by atoms with van der Waals surface area (Å²) in [7, 11) is 0. The Bertz CT molecular complexity index is 477. The number of hydrogen-bond acceptors (Lipinski definition) is 4. The molecule has 1 aliphatic rings. The molecule has 0 bridgehead atoms. The smallest absolute Gasteiger partial charge is 0.159 e. The second-order valence-electron chi connectivity index (χ2n) is 4.16. The zero-order chi connectivity index (χ0) is 11.5. The number of anilines is 1. The van der Waals surface area contributed by atoms with E-state index in [4.69, 9.17) is 0 Å². The van der Waals surface area contributed by atoms with Crippen LogP contribution >= 0.6 is 0 Å². The molecule has 3 rings (SSSR count). The molecule has 17 heavy (non-hydrogen) atoms. The minimum absolute atomic E-state index is 0.515. The quantitative estimate of drug-likeness (QED) is 0.833. The van der Waals surface area contributed by atoms with Gasteiger partial charge in [-0.05, 0) is 0 Å². The fraction of sp³-hybridized carbons (Fsp3) is 0.231. The van der Waals surface area contributed by atoms with Gasteiger partial charge in [0.05, 0.1) is 24.1 Å². The number of nitrogens with one attached hydrogen (secondary N) is 2. The highest BCUT2D eigenvalue weighted by atomic mass is 15.1. The molecule has 0 unspecified atom stereocenters. The Morgan fingerprint density at radius 3 is 2.35 bits per heavy atom. The molecule has 86 valence electrons. The van der Waals surface area contributed by atoms with Gasteiger partial charge in [0, 0.05) is 18.7 Å². The van der Waals surface area contributed by atoms with Crippen LogP contribution in [0.15, 0.2) is 42.7 Å². The summed E-state index contributed by atoms with van der Waals surface area (Å²) in [5.41, 5.74) is 2.03. The van der Waals surface area contributed by atoms with Crippen LogP contribution in [0.1, 0.15) is 0 Å². The maximum atomic E-state index is 4.37. The largest absolute Gasteiger partial charge is 0.377 e. The van der Waals surface area contributed by atoms with Crippen molar-refractivity contribution in [1.82, 2.24) is 15.3 Å². The van der Waals surface area contributed by atoms with Crippen molar-refractivity contribution in [2.45, 2.75) is 6.04 Å². The first-order valence-electron chi connectivity index (χ1n) is 5.76. The Balaban J connectivity index is 1.75. The lowest BCUT2D eigenvalue weighted by Crippen LogP contribution is -2.51. The first-order chi connectivity index (χ1) is 8.42. The third-order valence-electron chi connectivity index (χ3n) is 2.84. The fourth-order valence-electron chi connectivity index (χ4n) is 1.77. The zero-order valence-corrected chi connectivity index (χ0v) is 9.43. The maximum absolute atomic E-state index is 4.37. The molecule has 1 fully saturated rings. The summed E-state index contributed by atoms with van der Waals surface area (Å²) in [4.78, 5) is 8.73. The minimum Gasteiger partial charge on any atom is -0.377 e. The van der Waals surface area contributed by atoms with Crippen molar-refractivity contribution in [2.75, 3.05) is 18.4 Å². The maximum Gasteiger partial charge on any atom is 0.159 e. The third kappa shape index (κ3) is 2.26. The number of aromatic nitrogens is 2. The average Bonchev–Trinajstić information content (AvgIpc) is 2.36. The van der Waals surface area contributed by atoms with Crippen LogP contribution in [0.5, 0.6) is 0 Å². The number of rotatable bonds is 3. The molecule has 1 aliphatic heterocycles. The van der Waals surface area contributed by atoms with E-state index in [0.29, 0.717) is 6.04 Å². The second kappa shape index (κ2) is 4.51. The lowest BCUT2D eigenvalue weighted by Gasteiger charge is -2.28. The first kappa shape index (κ1) is 10.2. The highest BCUT2D eigenvalue weighted by Crippen LogP contribution is 2.15. The summed E-state index contributed by atoms with van der Waals surface area (Å²) < 4.78 is 0. The van der Waals surface area contributed by atoms with E-state index in [0.717, 1.165) is 30.2 Å². The predicted molar refractivity (Wildman–Crippen MR) is 67.7 cm³/mol. The molecule has 1 aromatic carbocycles. The normalized spacial score (nSPS) is 15.3. The summed E-state index contributed by atoms with van der Waals surface area (Å²) in [6, 6.07) is 10.5. The van der Waals surface area contributed by atoms with Gasteiger partial charge >= 0.3 is 0 Å². The lowest BCUT2D eigenvalue weighted by atomic mass is 10.2. The minimum atomic E-state index is 0.515. The van der Waals surface area contributed by atoms with Crippen LogP contribution in [-0.4, -0.2) is 29.1 Å². The Kier molecular flexibility index (Phi) is 2.71. The molecule has 0 spiro atoms. The summed E-state index contributed by atoms with van der Waals surface area (Å²) in [6.07, 6.45) is 3.68. The van der Waals surface area contributed by atoms with Gasteiger partial charge in [-0.3, -0.25) is 0 Å². The molecular weight excluding hydrogens is 212 g/mol. The van der Waals surface area contributed by atoms with Gasteiger partial charge in [0.2, 0.25) is 0 Å². The lowest BCUT2D eigenvalue weighted by molar-refractivity contribution is 0.472. The van der Waals surface area contributed by atoms with E-state index in [9.17, 15) is 0 Å². The highest BCUT2D eigenvalue weighted by Gasteiger charge is 2.15. The van der Waals surface area contributed by atoms with Crippen molar-refractivity contribution >= 4 is 5.69 Å². The molecule has 2 N–H and O–H groups in total. The summed E-state index contributed by atoms with van der Waals surface area (Å²) in [6.45, 7) is 2.03. The number of nitrogens with zero attached hydrogens (tertiary/aromatic N) is 2. The Morgan fingerprint density at radius 2 is 1.76 bits per heavy atom. The van der Waals surface area contributed by atoms with Crippen molar-refractivity contribution in [2.24, 2.45) is 0 Å². The van der Waals surface area contributed by atoms with Crippen LogP contribution in [0.3, 0.4) is 0 Å². The van der Waals surface area contributed by atoms with Crippen LogP contribution < -0.4 is 10.6 Å². The molecule has 0 aliphatic carbocycles. The van der Waals surface area contributed by atoms with Crippen LogP contribution in [0.4, 0.5) is 5.69 Å². The Hall–Kier alpha value is -1.94. The molecule has 0 radical (unpaired) electrons. The number of hydrogen-bond donors (Lipinski definition) is 2.